The zero-order valence-corrected chi connectivity index (χ0v) is 17.4. The number of carbonyl (C=O) groups is 1. The van der Waals surface area contributed by atoms with E-state index in [0.717, 1.165) is 11.1 Å². The standard InChI is InChI=1S/C23H19ClN2O4/c1-13-4-7-19-21(8-13)30-23(26-19)14-5-6-18(24)20(11-14)25-22(27)15-9-16(28-2)12-17(10-15)29-3/h4-12H,1-3H3,(H,25,27). The average molecular weight is 423 g/mol. The summed E-state index contributed by atoms with van der Waals surface area (Å²) in [5.74, 6) is 1.13. The highest BCUT2D eigenvalue weighted by molar-refractivity contribution is 6.34. The van der Waals surface area contributed by atoms with Crippen LogP contribution in [-0.2, 0) is 0 Å². The number of ether oxygens (including phenoxy) is 2. The fraction of sp³-hybridized carbons (Fsp3) is 0.130. The molecule has 152 valence electrons. The zero-order chi connectivity index (χ0) is 21.3. The van der Waals surface area contributed by atoms with Crippen molar-refractivity contribution in [2.45, 2.75) is 6.92 Å². The van der Waals surface area contributed by atoms with E-state index in [1.807, 2.05) is 25.1 Å². The van der Waals surface area contributed by atoms with E-state index in [4.69, 9.17) is 25.5 Å². The van der Waals surface area contributed by atoms with Gasteiger partial charge in [0.25, 0.3) is 5.91 Å². The summed E-state index contributed by atoms with van der Waals surface area (Å²) in [7, 11) is 3.05. The lowest BCUT2D eigenvalue weighted by molar-refractivity contribution is 0.102. The Labute approximate surface area is 178 Å². The minimum Gasteiger partial charge on any atom is -0.497 e. The molecule has 30 heavy (non-hydrogen) atoms. The van der Waals surface area contributed by atoms with Gasteiger partial charge in [-0.25, -0.2) is 4.98 Å². The number of aryl methyl sites for hydroxylation is 1. The molecule has 1 N–H and O–H groups in total. The molecule has 0 saturated carbocycles. The number of rotatable bonds is 5. The van der Waals surface area contributed by atoms with Crippen molar-refractivity contribution in [3.63, 3.8) is 0 Å². The lowest BCUT2D eigenvalue weighted by Gasteiger charge is -2.11. The van der Waals surface area contributed by atoms with Crippen LogP contribution in [0.4, 0.5) is 5.69 Å². The molecule has 0 radical (unpaired) electrons. The van der Waals surface area contributed by atoms with E-state index in [2.05, 4.69) is 10.3 Å². The minimum atomic E-state index is -0.348. The second-order valence-electron chi connectivity index (χ2n) is 6.74. The molecule has 1 amide bonds. The number of hydrogen-bond donors (Lipinski definition) is 1. The molecule has 0 unspecified atom stereocenters. The van der Waals surface area contributed by atoms with Crippen molar-refractivity contribution >= 4 is 34.3 Å². The SMILES string of the molecule is COc1cc(OC)cc(C(=O)Nc2cc(-c3nc4ccc(C)cc4o3)ccc2Cl)c1. The van der Waals surface area contributed by atoms with Crippen LogP contribution < -0.4 is 14.8 Å². The number of anilines is 1. The predicted molar refractivity (Wildman–Crippen MR) is 117 cm³/mol. The monoisotopic (exact) mass is 422 g/mol. The van der Waals surface area contributed by atoms with Crippen LogP contribution in [0.3, 0.4) is 0 Å². The summed E-state index contributed by atoms with van der Waals surface area (Å²) in [5, 5.41) is 3.23. The summed E-state index contributed by atoms with van der Waals surface area (Å²) in [6.45, 7) is 1.99. The van der Waals surface area contributed by atoms with Gasteiger partial charge in [0, 0.05) is 17.2 Å². The fourth-order valence-corrected chi connectivity index (χ4v) is 3.21. The van der Waals surface area contributed by atoms with Gasteiger partial charge in [0.2, 0.25) is 5.89 Å². The number of methoxy groups -OCH3 is 2. The molecule has 0 aliphatic carbocycles. The Hall–Kier alpha value is -3.51. The molecule has 6 nitrogen and oxygen atoms in total. The van der Waals surface area contributed by atoms with E-state index in [-0.39, 0.29) is 5.91 Å². The van der Waals surface area contributed by atoms with Crippen LogP contribution in [0, 0.1) is 6.92 Å². The van der Waals surface area contributed by atoms with Gasteiger partial charge in [0.15, 0.2) is 5.58 Å². The van der Waals surface area contributed by atoms with Crippen molar-refractivity contribution in [1.29, 1.82) is 0 Å². The van der Waals surface area contributed by atoms with Gasteiger partial charge in [-0.3, -0.25) is 4.79 Å². The highest BCUT2D eigenvalue weighted by Crippen LogP contribution is 2.31. The van der Waals surface area contributed by atoms with Crippen molar-refractivity contribution in [3.8, 4) is 23.0 Å². The first-order chi connectivity index (χ1) is 14.5. The van der Waals surface area contributed by atoms with Crippen molar-refractivity contribution in [3.05, 3.63) is 70.7 Å². The number of fused-ring (bicyclic) bond motifs is 1. The van der Waals surface area contributed by atoms with Crippen LogP contribution in [0.25, 0.3) is 22.6 Å². The Morgan fingerprint density at radius 2 is 1.73 bits per heavy atom. The van der Waals surface area contributed by atoms with Crippen LogP contribution in [0.5, 0.6) is 11.5 Å². The molecule has 0 spiro atoms. The van der Waals surface area contributed by atoms with Crippen LogP contribution in [0.2, 0.25) is 5.02 Å². The molecular formula is C23H19ClN2O4. The summed E-state index contributed by atoms with van der Waals surface area (Å²) < 4.78 is 16.3. The Balaban J connectivity index is 1.65. The molecule has 0 atom stereocenters. The Kier molecular flexibility index (Phi) is 5.33. The summed E-state index contributed by atoms with van der Waals surface area (Å²) in [5.41, 5.74) is 4.08. The van der Waals surface area contributed by atoms with Gasteiger partial charge in [-0.05, 0) is 55.0 Å². The third kappa shape index (κ3) is 3.95. The number of nitrogens with one attached hydrogen (secondary N) is 1. The summed E-state index contributed by atoms with van der Waals surface area (Å²) in [6, 6.07) is 16.0. The maximum absolute atomic E-state index is 12.8. The van der Waals surface area contributed by atoms with Gasteiger partial charge in [0.05, 0.1) is 24.9 Å². The maximum Gasteiger partial charge on any atom is 0.255 e. The Bertz CT molecular complexity index is 1230. The quantitative estimate of drug-likeness (QED) is 0.444. The summed E-state index contributed by atoms with van der Waals surface area (Å²) in [4.78, 5) is 17.3. The molecule has 1 aromatic heterocycles. The predicted octanol–water partition coefficient (Wildman–Crippen LogP) is 5.73. The van der Waals surface area contributed by atoms with Gasteiger partial charge >= 0.3 is 0 Å². The topological polar surface area (TPSA) is 73.6 Å². The second-order valence-corrected chi connectivity index (χ2v) is 7.15. The Morgan fingerprint density at radius 3 is 2.43 bits per heavy atom. The zero-order valence-electron chi connectivity index (χ0n) is 16.7. The molecule has 0 aliphatic rings. The van der Waals surface area contributed by atoms with Gasteiger partial charge in [-0.2, -0.15) is 0 Å². The smallest absolute Gasteiger partial charge is 0.255 e. The van der Waals surface area contributed by atoms with Gasteiger partial charge < -0.3 is 19.2 Å². The number of oxazole rings is 1. The van der Waals surface area contributed by atoms with E-state index >= 15 is 0 Å². The minimum absolute atomic E-state index is 0.348. The molecular weight excluding hydrogens is 404 g/mol. The number of benzene rings is 3. The molecule has 1 heterocycles. The lowest BCUT2D eigenvalue weighted by Crippen LogP contribution is -2.12. The van der Waals surface area contributed by atoms with E-state index in [1.54, 1.807) is 36.4 Å². The maximum atomic E-state index is 12.8. The van der Waals surface area contributed by atoms with Crippen LogP contribution in [0.1, 0.15) is 15.9 Å². The van der Waals surface area contributed by atoms with Crippen molar-refractivity contribution in [2.75, 3.05) is 19.5 Å². The summed E-state index contributed by atoms with van der Waals surface area (Å²) >= 11 is 6.32. The highest BCUT2D eigenvalue weighted by Gasteiger charge is 2.15. The molecule has 3 aromatic carbocycles. The molecule has 0 fully saturated rings. The third-order valence-corrected chi connectivity index (χ3v) is 4.95. The highest BCUT2D eigenvalue weighted by atomic mass is 35.5. The molecule has 0 aliphatic heterocycles. The first-order valence-electron chi connectivity index (χ1n) is 9.18. The number of halogens is 1. The molecule has 0 saturated heterocycles. The first-order valence-corrected chi connectivity index (χ1v) is 9.56. The van der Waals surface area contributed by atoms with E-state index in [9.17, 15) is 4.79 Å². The molecule has 7 heteroatoms. The van der Waals surface area contributed by atoms with Gasteiger partial charge in [0.1, 0.15) is 17.0 Å². The first kappa shape index (κ1) is 19.8. The van der Waals surface area contributed by atoms with Crippen LogP contribution in [-0.4, -0.2) is 25.1 Å². The number of nitrogens with zero attached hydrogens (tertiary/aromatic N) is 1. The van der Waals surface area contributed by atoms with E-state index in [0.29, 0.717) is 44.8 Å². The molecule has 4 rings (SSSR count). The third-order valence-electron chi connectivity index (χ3n) is 4.62. The summed E-state index contributed by atoms with van der Waals surface area (Å²) in [6.07, 6.45) is 0. The van der Waals surface area contributed by atoms with Crippen molar-refractivity contribution in [2.24, 2.45) is 0 Å². The van der Waals surface area contributed by atoms with E-state index < -0.39 is 0 Å². The van der Waals surface area contributed by atoms with Gasteiger partial charge in [-0.1, -0.05) is 17.7 Å². The molecule has 0 bridgehead atoms. The number of carbonyl (C=O) groups excluding carboxylic acids is 1. The van der Waals surface area contributed by atoms with Crippen molar-refractivity contribution in [1.82, 2.24) is 4.98 Å². The number of aromatic nitrogens is 1. The molecule has 4 aromatic rings. The fourth-order valence-electron chi connectivity index (χ4n) is 3.04. The Morgan fingerprint density at radius 1 is 1.00 bits per heavy atom. The number of hydrogen-bond acceptors (Lipinski definition) is 5. The normalized spacial score (nSPS) is 10.8. The van der Waals surface area contributed by atoms with Crippen molar-refractivity contribution < 1.29 is 18.7 Å². The van der Waals surface area contributed by atoms with Crippen LogP contribution >= 0.6 is 11.6 Å². The largest absolute Gasteiger partial charge is 0.497 e. The van der Waals surface area contributed by atoms with E-state index in [1.165, 1.54) is 14.2 Å². The van der Waals surface area contributed by atoms with Crippen LogP contribution in [0.15, 0.2) is 59.0 Å². The lowest BCUT2D eigenvalue weighted by atomic mass is 10.1. The number of amides is 1. The van der Waals surface area contributed by atoms with Gasteiger partial charge in [-0.15, -0.1) is 0 Å². The second kappa shape index (κ2) is 8.08. The average Bonchev–Trinajstić information content (AvgIpc) is 3.17.